The zero-order valence-corrected chi connectivity index (χ0v) is 12.6. The van der Waals surface area contributed by atoms with Crippen LogP contribution in [0.5, 0.6) is 5.75 Å². The van der Waals surface area contributed by atoms with E-state index in [0.29, 0.717) is 21.5 Å². The number of benzene rings is 1. The molecule has 0 aliphatic rings. The number of halogens is 1. The molecule has 0 aliphatic carbocycles. The predicted molar refractivity (Wildman–Crippen MR) is 81.9 cm³/mol. The van der Waals surface area contributed by atoms with Crippen molar-refractivity contribution in [1.29, 1.82) is 0 Å². The van der Waals surface area contributed by atoms with E-state index < -0.39 is 6.09 Å². The highest BCUT2D eigenvalue weighted by molar-refractivity contribution is 7.98. The van der Waals surface area contributed by atoms with E-state index >= 15 is 0 Å². The van der Waals surface area contributed by atoms with Gasteiger partial charge in [0.25, 0.3) is 0 Å². The van der Waals surface area contributed by atoms with Crippen LogP contribution in [0.1, 0.15) is 5.69 Å². The van der Waals surface area contributed by atoms with Gasteiger partial charge in [0.1, 0.15) is 10.8 Å². The Morgan fingerprint density at radius 1 is 1.35 bits per heavy atom. The molecule has 4 nitrogen and oxygen atoms in total. The monoisotopic (exact) mass is 308 g/mol. The van der Waals surface area contributed by atoms with E-state index in [-0.39, 0.29) is 0 Å². The summed E-state index contributed by atoms with van der Waals surface area (Å²) in [7, 11) is 0. The molecule has 0 atom stereocenters. The summed E-state index contributed by atoms with van der Waals surface area (Å²) in [5.74, 6) is 0.465. The Hall–Kier alpha value is -1.72. The average molecular weight is 309 g/mol. The van der Waals surface area contributed by atoms with Crippen LogP contribution < -0.4 is 10.1 Å². The Labute approximate surface area is 126 Å². The highest BCUT2D eigenvalue weighted by Crippen LogP contribution is 2.31. The van der Waals surface area contributed by atoms with Crippen molar-refractivity contribution in [3.8, 4) is 5.75 Å². The summed E-state index contributed by atoms with van der Waals surface area (Å²) in [6, 6.07) is 10.5. The molecule has 0 fully saturated rings. The van der Waals surface area contributed by atoms with Crippen LogP contribution in [0, 0.1) is 6.92 Å². The molecule has 0 radical (unpaired) electrons. The van der Waals surface area contributed by atoms with Gasteiger partial charge in [-0.3, -0.25) is 5.32 Å². The van der Waals surface area contributed by atoms with Crippen molar-refractivity contribution in [2.75, 3.05) is 11.6 Å². The first kappa shape index (κ1) is 14.7. The number of para-hydroxylation sites is 1. The van der Waals surface area contributed by atoms with Crippen molar-refractivity contribution in [1.82, 2.24) is 4.98 Å². The van der Waals surface area contributed by atoms with Crippen molar-refractivity contribution in [3.05, 3.63) is 47.1 Å². The van der Waals surface area contributed by atoms with Crippen LogP contribution >= 0.6 is 23.4 Å². The first-order chi connectivity index (χ1) is 9.60. The minimum atomic E-state index is -0.598. The molecule has 1 heterocycles. The molecule has 1 aromatic heterocycles. The third-order valence-corrected chi connectivity index (χ3v) is 3.42. The zero-order chi connectivity index (χ0) is 14.5. The van der Waals surface area contributed by atoms with Crippen LogP contribution in [0.2, 0.25) is 5.02 Å². The van der Waals surface area contributed by atoms with Crippen molar-refractivity contribution < 1.29 is 9.53 Å². The number of anilines is 1. The number of aryl methyl sites for hydroxylation is 1. The van der Waals surface area contributed by atoms with Crippen LogP contribution in [0.25, 0.3) is 0 Å². The molecule has 0 unspecified atom stereocenters. The molecule has 1 amide bonds. The maximum absolute atomic E-state index is 11.9. The molecule has 2 rings (SSSR count). The number of ether oxygens (including phenoxy) is 1. The summed E-state index contributed by atoms with van der Waals surface area (Å²) in [5.41, 5.74) is 1.26. The molecule has 1 N–H and O–H groups in total. The molecule has 0 bridgehead atoms. The lowest BCUT2D eigenvalue weighted by Gasteiger charge is -2.11. The Morgan fingerprint density at radius 2 is 2.05 bits per heavy atom. The van der Waals surface area contributed by atoms with E-state index in [1.54, 1.807) is 30.3 Å². The fourth-order valence-electron chi connectivity index (χ4n) is 1.59. The van der Waals surface area contributed by atoms with E-state index in [1.807, 2.05) is 19.2 Å². The van der Waals surface area contributed by atoms with Gasteiger partial charge in [-0.2, -0.15) is 0 Å². The number of hydrogen-bond donors (Lipinski definition) is 1. The molecule has 2 aromatic rings. The fourth-order valence-corrected chi connectivity index (χ4v) is 2.54. The van der Waals surface area contributed by atoms with Crippen LogP contribution in [0.3, 0.4) is 0 Å². The van der Waals surface area contributed by atoms with Crippen molar-refractivity contribution in [3.63, 3.8) is 0 Å². The van der Waals surface area contributed by atoms with Gasteiger partial charge in [0.05, 0.1) is 10.7 Å². The first-order valence-corrected chi connectivity index (χ1v) is 7.45. The lowest BCUT2D eigenvalue weighted by Crippen LogP contribution is -2.18. The van der Waals surface area contributed by atoms with Gasteiger partial charge in [-0.05, 0) is 31.4 Å². The molecule has 0 spiro atoms. The lowest BCUT2D eigenvalue weighted by molar-refractivity contribution is 0.215. The van der Waals surface area contributed by atoms with Crippen molar-refractivity contribution >= 4 is 35.1 Å². The second kappa shape index (κ2) is 6.63. The smallest absolute Gasteiger partial charge is 0.410 e. The van der Waals surface area contributed by atoms with Crippen molar-refractivity contribution in [2.24, 2.45) is 0 Å². The number of nitrogens with zero attached hydrogens (tertiary/aromatic N) is 1. The molecular formula is C14H13ClN2O2S. The first-order valence-electron chi connectivity index (χ1n) is 5.85. The third kappa shape index (κ3) is 3.65. The van der Waals surface area contributed by atoms with E-state index in [1.165, 1.54) is 11.8 Å². The standard InChI is InChI=1S/C14H13ClN2O2S/c1-9-8-11(15)12(13(16-9)20-2)17-14(18)19-10-6-4-3-5-7-10/h3-8H,1-2H3,(H,17,18). The van der Waals surface area contributed by atoms with Crippen LogP contribution in [-0.2, 0) is 0 Å². The number of thioether (sulfide) groups is 1. The number of rotatable bonds is 3. The summed E-state index contributed by atoms with van der Waals surface area (Å²) in [4.78, 5) is 16.2. The van der Waals surface area contributed by atoms with Gasteiger partial charge in [-0.15, -0.1) is 11.8 Å². The fraction of sp³-hybridized carbons (Fsp3) is 0.143. The number of pyridine rings is 1. The van der Waals surface area contributed by atoms with Gasteiger partial charge in [0, 0.05) is 5.69 Å². The molecule has 104 valence electrons. The van der Waals surface area contributed by atoms with Crippen LogP contribution in [0.4, 0.5) is 10.5 Å². The number of nitrogens with one attached hydrogen (secondary N) is 1. The quantitative estimate of drug-likeness (QED) is 0.855. The molecular weight excluding hydrogens is 296 g/mol. The summed E-state index contributed by atoms with van der Waals surface area (Å²) in [6.45, 7) is 1.84. The maximum Gasteiger partial charge on any atom is 0.417 e. The topological polar surface area (TPSA) is 51.2 Å². The summed E-state index contributed by atoms with van der Waals surface area (Å²) in [5, 5.41) is 3.72. The van der Waals surface area contributed by atoms with E-state index in [9.17, 15) is 4.79 Å². The maximum atomic E-state index is 11.9. The number of carbonyl (C=O) groups excluding carboxylic acids is 1. The predicted octanol–water partition coefficient (Wildman–Crippen LogP) is 4.38. The van der Waals surface area contributed by atoms with Gasteiger partial charge < -0.3 is 4.74 Å². The Kier molecular flexibility index (Phi) is 4.87. The molecule has 0 aliphatic heterocycles. The largest absolute Gasteiger partial charge is 0.417 e. The summed E-state index contributed by atoms with van der Waals surface area (Å²) < 4.78 is 5.16. The van der Waals surface area contributed by atoms with E-state index in [2.05, 4.69) is 10.3 Å². The number of amides is 1. The number of hydrogen-bond acceptors (Lipinski definition) is 4. The lowest BCUT2D eigenvalue weighted by atomic mass is 10.3. The molecule has 1 aromatic carbocycles. The zero-order valence-electron chi connectivity index (χ0n) is 11.0. The normalized spacial score (nSPS) is 10.2. The number of carbonyl (C=O) groups is 1. The van der Waals surface area contributed by atoms with Crippen molar-refractivity contribution in [2.45, 2.75) is 11.9 Å². The Balaban J connectivity index is 2.16. The van der Waals surface area contributed by atoms with Gasteiger partial charge in [-0.25, -0.2) is 9.78 Å². The second-order valence-electron chi connectivity index (χ2n) is 3.96. The molecule has 0 saturated carbocycles. The third-order valence-electron chi connectivity index (χ3n) is 2.44. The highest BCUT2D eigenvalue weighted by atomic mass is 35.5. The highest BCUT2D eigenvalue weighted by Gasteiger charge is 2.14. The Bertz CT molecular complexity index is 620. The molecule has 6 heteroatoms. The second-order valence-corrected chi connectivity index (χ2v) is 5.16. The number of aromatic nitrogens is 1. The van der Waals surface area contributed by atoms with Gasteiger partial charge in [0.15, 0.2) is 0 Å². The average Bonchev–Trinajstić information content (AvgIpc) is 2.42. The van der Waals surface area contributed by atoms with Crippen LogP contribution in [-0.4, -0.2) is 17.3 Å². The summed E-state index contributed by atoms with van der Waals surface area (Å²) in [6.07, 6.45) is 1.27. The van der Waals surface area contributed by atoms with E-state index in [4.69, 9.17) is 16.3 Å². The SMILES string of the molecule is CSc1nc(C)cc(Cl)c1NC(=O)Oc1ccccc1. The van der Waals surface area contributed by atoms with Gasteiger partial charge >= 0.3 is 6.09 Å². The minimum absolute atomic E-state index is 0.437. The molecule has 20 heavy (non-hydrogen) atoms. The minimum Gasteiger partial charge on any atom is -0.410 e. The van der Waals surface area contributed by atoms with Gasteiger partial charge in [0.2, 0.25) is 0 Å². The van der Waals surface area contributed by atoms with Gasteiger partial charge in [-0.1, -0.05) is 29.8 Å². The summed E-state index contributed by atoms with van der Waals surface area (Å²) >= 11 is 7.54. The Morgan fingerprint density at radius 3 is 2.70 bits per heavy atom. The van der Waals surface area contributed by atoms with Crippen LogP contribution in [0.15, 0.2) is 41.4 Å². The van der Waals surface area contributed by atoms with E-state index in [0.717, 1.165) is 5.69 Å². The molecule has 0 saturated heterocycles.